The summed E-state index contributed by atoms with van der Waals surface area (Å²) >= 11 is 8.61. The summed E-state index contributed by atoms with van der Waals surface area (Å²) in [5.41, 5.74) is 1.12. The minimum Gasteiger partial charge on any atom is -0.349 e. The van der Waals surface area contributed by atoms with Gasteiger partial charge in [0.05, 0.1) is 4.47 Å². The van der Waals surface area contributed by atoms with Crippen molar-refractivity contribution in [2.45, 2.75) is 19.8 Å². The van der Waals surface area contributed by atoms with Crippen LogP contribution in [0.15, 0.2) is 4.47 Å². The third-order valence-electron chi connectivity index (χ3n) is 1.85. The van der Waals surface area contributed by atoms with Crippen LogP contribution in [0.25, 0.3) is 0 Å². The van der Waals surface area contributed by atoms with Gasteiger partial charge in [0.2, 0.25) is 5.95 Å². The van der Waals surface area contributed by atoms with Gasteiger partial charge in [0.1, 0.15) is 4.64 Å². The predicted octanol–water partition coefficient (Wildman–Crippen LogP) is 2.92. The highest BCUT2D eigenvalue weighted by atomic mass is 79.9. The molecule has 5 heteroatoms. The van der Waals surface area contributed by atoms with Crippen LogP contribution in [-0.2, 0) is 6.42 Å². The summed E-state index contributed by atoms with van der Waals surface area (Å²) < 4.78 is 1.54. The number of nitrogens with one attached hydrogen (secondary N) is 1. The normalized spacial score (nSPS) is 10.3. The van der Waals surface area contributed by atoms with Gasteiger partial charge in [0.15, 0.2) is 0 Å². The number of aromatic nitrogens is 2. The van der Waals surface area contributed by atoms with E-state index in [1.807, 2.05) is 19.0 Å². The van der Waals surface area contributed by atoms with Crippen molar-refractivity contribution < 1.29 is 0 Å². The smallest absolute Gasteiger partial charge is 0.203 e. The van der Waals surface area contributed by atoms with Gasteiger partial charge in [0.25, 0.3) is 0 Å². The fourth-order valence-corrected chi connectivity index (χ4v) is 1.72. The van der Waals surface area contributed by atoms with Crippen LogP contribution in [0.1, 0.15) is 19.0 Å². The Morgan fingerprint density at radius 2 is 2.14 bits per heavy atom. The number of aromatic amines is 1. The Morgan fingerprint density at radius 3 is 2.64 bits per heavy atom. The van der Waals surface area contributed by atoms with Gasteiger partial charge in [-0.2, -0.15) is 0 Å². The monoisotopic (exact) mass is 275 g/mol. The Labute approximate surface area is 97.7 Å². The van der Waals surface area contributed by atoms with Gasteiger partial charge in [0, 0.05) is 19.8 Å². The maximum Gasteiger partial charge on any atom is 0.203 e. The van der Waals surface area contributed by atoms with E-state index in [0.717, 1.165) is 29.0 Å². The van der Waals surface area contributed by atoms with E-state index in [4.69, 9.17) is 12.2 Å². The molecule has 0 aliphatic carbocycles. The molecule has 14 heavy (non-hydrogen) atoms. The summed E-state index contributed by atoms with van der Waals surface area (Å²) in [7, 11) is 3.88. The molecule has 0 aliphatic heterocycles. The molecule has 0 saturated carbocycles. The molecule has 1 rings (SSSR count). The molecule has 1 heterocycles. The summed E-state index contributed by atoms with van der Waals surface area (Å²) in [6.07, 6.45) is 2.06. The van der Waals surface area contributed by atoms with Crippen LogP contribution >= 0.6 is 28.1 Å². The summed E-state index contributed by atoms with van der Waals surface area (Å²) in [5, 5.41) is 0. The number of hydrogen-bond acceptors (Lipinski definition) is 3. The maximum absolute atomic E-state index is 5.16. The van der Waals surface area contributed by atoms with Crippen LogP contribution in [0.3, 0.4) is 0 Å². The number of halogens is 1. The quantitative estimate of drug-likeness (QED) is 0.861. The number of anilines is 1. The number of nitrogens with zero attached hydrogens (tertiary/aromatic N) is 2. The lowest BCUT2D eigenvalue weighted by Gasteiger charge is -2.13. The van der Waals surface area contributed by atoms with E-state index < -0.39 is 0 Å². The molecule has 0 bridgehead atoms. The Bertz CT molecular complexity index is 373. The largest absolute Gasteiger partial charge is 0.349 e. The van der Waals surface area contributed by atoms with E-state index in [2.05, 4.69) is 32.8 Å². The Balaban J connectivity index is 3.21. The number of rotatable bonds is 3. The first-order valence-corrected chi connectivity index (χ1v) is 5.72. The first-order chi connectivity index (χ1) is 6.56. The molecule has 0 fully saturated rings. The Kier molecular flexibility index (Phi) is 4.07. The van der Waals surface area contributed by atoms with Gasteiger partial charge in [-0.25, -0.2) is 4.98 Å². The predicted molar refractivity (Wildman–Crippen MR) is 65.4 cm³/mol. The second-order valence-corrected chi connectivity index (χ2v) is 4.48. The second-order valence-electron chi connectivity index (χ2n) is 3.30. The molecule has 0 saturated heterocycles. The summed E-state index contributed by atoms with van der Waals surface area (Å²) in [6.45, 7) is 2.14. The van der Waals surface area contributed by atoms with Gasteiger partial charge in [-0.1, -0.05) is 25.6 Å². The summed E-state index contributed by atoms with van der Waals surface area (Å²) in [5.74, 6) is 0.807. The minimum absolute atomic E-state index is 0.621. The molecule has 0 amide bonds. The second kappa shape index (κ2) is 4.89. The van der Waals surface area contributed by atoms with Gasteiger partial charge in [-0.3, -0.25) is 0 Å². The summed E-state index contributed by atoms with van der Waals surface area (Å²) in [4.78, 5) is 9.43. The van der Waals surface area contributed by atoms with E-state index in [1.165, 1.54) is 0 Å². The van der Waals surface area contributed by atoms with Crippen molar-refractivity contribution in [3.63, 3.8) is 0 Å². The highest BCUT2D eigenvalue weighted by molar-refractivity contribution is 9.10. The molecule has 1 N–H and O–H groups in total. The molecule has 0 unspecified atom stereocenters. The van der Waals surface area contributed by atoms with Crippen molar-refractivity contribution in [3.05, 3.63) is 14.8 Å². The van der Waals surface area contributed by atoms with E-state index in [1.54, 1.807) is 0 Å². The van der Waals surface area contributed by atoms with Crippen molar-refractivity contribution in [1.29, 1.82) is 0 Å². The van der Waals surface area contributed by atoms with Crippen LogP contribution in [0.5, 0.6) is 0 Å². The first-order valence-electron chi connectivity index (χ1n) is 4.52. The van der Waals surface area contributed by atoms with Crippen molar-refractivity contribution in [2.24, 2.45) is 0 Å². The van der Waals surface area contributed by atoms with E-state index in [-0.39, 0.29) is 0 Å². The molecular formula is C9H14BrN3S. The van der Waals surface area contributed by atoms with Crippen LogP contribution < -0.4 is 4.90 Å². The van der Waals surface area contributed by atoms with Gasteiger partial charge >= 0.3 is 0 Å². The third-order valence-corrected chi connectivity index (χ3v) is 3.26. The average molecular weight is 276 g/mol. The number of H-pyrrole nitrogens is 1. The third kappa shape index (κ3) is 2.54. The lowest BCUT2D eigenvalue weighted by molar-refractivity contribution is 0.849. The molecule has 0 radical (unpaired) electrons. The van der Waals surface area contributed by atoms with Gasteiger partial charge < -0.3 is 9.88 Å². The molecular weight excluding hydrogens is 262 g/mol. The average Bonchev–Trinajstić information content (AvgIpc) is 2.12. The fourth-order valence-electron chi connectivity index (χ4n) is 1.13. The standard InChI is InChI=1S/C9H14BrN3S/c1-4-5-6-7(10)8(14)12-9(11-6)13(2)3/h4-5H2,1-3H3,(H,11,12,14). The fraction of sp³-hybridized carbons (Fsp3) is 0.556. The SMILES string of the molecule is CCCc1[nH]c(N(C)C)nc(=S)c1Br. The maximum atomic E-state index is 5.16. The van der Waals surface area contributed by atoms with Gasteiger partial charge in [-0.15, -0.1) is 0 Å². The van der Waals surface area contributed by atoms with Crippen molar-refractivity contribution in [3.8, 4) is 0 Å². The number of aryl methyl sites for hydroxylation is 1. The lowest BCUT2D eigenvalue weighted by Crippen LogP contribution is -2.14. The molecule has 3 nitrogen and oxygen atoms in total. The zero-order valence-corrected chi connectivity index (χ0v) is 11.0. The van der Waals surface area contributed by atoms with Gasteiger partial charge in [-0.05, 0) is 22.4 Å². The summed E-state index contributed by atoms with van der Waals surface area (Å²) in [6, 6.07) is 0. The topological polar surface area (TPSA) is 31.9 Å². The Morgan fingerprint density at radius 1 is 1.50 bits per heavy atom. The highest BCUT2D eigenvalue weighted by Gasteiger charge is 2.06. The molecule has 1 aromatic rings. The van der Waals surface area contributed by atoms with Crippen molar-refractivity contribution >= 4 is 34.1 Å². The number of hydrogen-bond donors (Lipinski definition) is 1. The molecule has 0 aromatic carbocycles. The van der Waals surface area contributed by atoms with Crippen LogP contribution in [0, 0.1) is 4.64 Å². The Hall–Kier alpha value is -0.420. The molecule has 0 spiro atoms. The van der Waals surface area contributed by atoms with Crippen LogP contribution in [-0.4, -0.2) is 24.1 Å². The molecule has 0 aliphatic rings. The van der Waals surface area contributed by atoms with Crippen molar-refractivity contribution in [2.75, 3.05) is 19.0 Å². The first kappa shape index (κ1) is 11.7. The van der Waals surface area contributed by atoms with Crippen LogP contribution in [0.4, 0.5) is 5.95 Å². The van der Waals surface area contributed by atoms with Crippen molar-refractivity contribution in [1.82, 2.24) is 9.97 Å². The lowest BCUT2D eigenvalue weighted by atomic mass is 10.2. The zero-order valence-electron chi connectivity index (χ0n) is 8.59. The highest BCUT2D eigenvalue weighted by Crippen LogP contribution is 2.19. The van der Waals surface area contributed by atoms with Crippen LogP contribution in [0.2, 0.25) is 0 Å². The molecule has 78 valence electrons. The van der Waals surface area contributed by atoms with E-state index in [9.17, 15) is 0 Å². The molecule has 0 atom stereocenters. The van der Waals surface area contributed by atoms with E-state index >= 15 is 0 Å². The zero-order chi connectivity index (χ0) is 10.7. The minimum atomic E-state index is 0.621. The molecule has 1 aromatic heterocycles. The van der Waals surface area contributed by atoms with E-state index in [0.29, 0.717) is 4.64 Å².